The summed E-state index contributed by atoms with van der Waals surface area (Å²) in [6.07, 6.45) is 1.54. The fourth-order valence-corrected chi connectivity index (χ4v) is 1.33. The molecule has 0 aliphatic rings. The van der Waals surface area contributed by atoms with Crippen LogP contribution in [-0.2, 0) is 0 Å². The van der Waals surface area contributed by atoms with Gasteiger partial charge in [0.15, 0.2) is 5.78 Å². The second kappa shape index (κ2) is 3.48. The topological polar surface area (TPSA) is 39.2 Å². The second-order valence-corrected chi connectivity index (χ2v) is 2.97. The van der Waals surface area contributed by atoms with Crippen LogP contribution in [0.4, 0.5) is 0 Å². The van der Waals surface area contributed by atoms with E-state index in [4.69, 9.17) is 4.74 Å². The number of ether oxygens (including phenoxy) is 1. The van der Waals surface area contributed by atoms with Gasteiger partial charge < -0.3 is 4.74 Å². The molecule has 0 aromatic carbocycles. The van der Waals surface area contributed by atoms with Crippen LogP contribution in [-0.4, -0.2) is 17.4 Å². The van der Waals surface area contributed by atoms with Crippen molar-refractivity contribution in [2.75, 3.05) is 6.61 Å². The average molecular weight is 171 g/mol. The maximum atomic E-state index is 10.8. The lowest BCUT2D eigenvalue weighted by atomic mass is 10.4. The molecule has 0 radical (unpaired) electrons. The minimum atomic E-state index is 0.0356. The lowest BCUT2D eigenvalue weighted by Gasteiger charge is -1.92. The van der Waals surface area contributed by atoms with Crippen molar-refractivity contribution in [3.8, 4) is 5.19 Å². The molecule has 0 N–H and O–H groups in total. The first-order valence-corrected chi connectivity index (χ1v) is 4.15. The monoisotopic (exact) mass is 171 g/mol. The molecule has 3 nitrogen and oxygen atoms in total. The van der Waals surface area contributed by atoms with E-state index in [1.165, 1.54) is 24.5 Å². The van der Waals surface area contributed by atoms with E-state index in [-0.39, 0.29) is 5.78 Å². The summed E-state index contributed by atoms with van der Waals surface area (Å²) < 4.78 is 5.09. The summed E-state index contributed by atoms with van der Waals surface area (Å²) in [6.45, 7) is 3.99. The van der Waals surface area contributed by atoms with Gasteiger partial charge in [0.1, 0.15) is 0 Å². The molecule has 0 amide bonds. The van der Waals surface area contributed by atoms with Gasteiger partial charge >= 0.3 is 0 Å². The Hall–Kier alpha value is -0.900. The first-order chi connectivity index (χ1) is 5.24. The van der Waals surface area contributed by atoms with Gasteiger partial charge in [-0.05, 0) is 6.92 Å². The van der Waals surface area contributed by atoms with E-state index in [2.05, 4.69) is 4.98 Å². The lowest BCUT2D eigenvalue weighted by molar-refractivity contribution is 0.102. The van der Waals surface area contributed by atoms with Crippen LogP contribution in [0.2, 0.25) is 0 Å². The molecule has 11 heavy (non-hydrogen) atoms. The van der Waals surface area contributed by atoms with Gasteiger partial charge in [0.25, 0.3) is 5.19 Å². The number of Topliss-reactive ketones (excluding diaryl/α,β-unsaturated/α-hetero) is 1. The highest BCUT2D eigenvalue weighted by Crippen LogP contribution is 2.20. The number of ketones is 1. The summed E-state index contributed by atoms with van der Waals surface area (Å²) in [6, 6.07) is 0. The van der Waals surface area contributed by atoms with Crippen molar-refractivity contribution in [1.82, 2.24) is 4.98 Å². The Labute approximate surface area is 69.0 Å². The van der Waals surface area contributed by atoms with Gasteiger partial charge in [0.05, 0.1) is 17.7 Å². The van der Waals surface area contributed by atoms with E-state index >= 15 is 0 Å². The van der Waals surface area contributed by atoms with Crippen LogP contribution in [0.15, 0.2) is 6.20 Å². The van der Waals surface area contributed by atoms with Gasteiger partial charge in [-0.25, -0.2) is 4.98 Å². The van der Waals surface area contributed by atoms with Crippen LogP contribution in [0.5, 0.6) is 5.19 Å². The van der Waals surface area contributed by atoms with Crippen molar-refractivity contribution in [3.63, 3.8) is 0 Å². The highest BCUT2D eigenvalue weighted by Gasteiger charge is 2.05. The lowest BCUT2D eigenvalue weighted by Crippen LogP contribution is -1.88. The first kappa shape index (κ1) is 8.20. The molecule has 0 atom stereocenters. The Kier molecular flexibility index (Phi) is 2.59. The summed E-state index contributed by atoms with van der Waals surface area (Å²) in [7, 11) is 0. The Balaban J connectivity index is 2.73. The number of hydrogen-bond acceptors (Lipinski definition) is 4. The molecule has 1 aromatic heterocycles. The van der Waals surface area contributed by atoms with Gasteiger partial charge in [-0.15, -0.1) is 0 Å². The average Bonchev–Trinajstić information content (AvgIpc) is 2.37. The molecule has 1 aromatic rings. The molecule has 0 fully saturated rings. The highest BCUT2D eigenvalue weighted by molar-refractivity contribution is 7.15. The summed E-state index contributed by atoms with van der Waals surface area (Å²) in [4.78, 5) is 15.3. The Morgan fingerprint density at radius 1 is 1.82 bits per heavy atom. The van der Waals surface area contributed by atoms with Crippen molar-refractivity contribution >= 4 is 17.1 Å². The number of rotatable bonds is 3. The molecular formula is C7H9NO2S. The van der Waals surface area contributed by atoms with Crippen LogP contribution in [0.1, 0.15) is 23.5 Å². The van der Waals surface area contributed by atoms with Crippen molar-refractivity contribution in [3.05, 3.63) is 11.1 Å². The SMILES string of the molecule is CCOc1ncc(C(C)=O)s1. The molecule has 0 spiro atoms. The molecule has 1 heterocycles. The van der Waals surface area contributed by atoms with Crippen LogP contribution in [0.3, 0.4) is 0 Å². The number of thiazole rings is 1. The van der Waals surface area contributed by atoms with Crippen molar-refractivity contribution in [2.45, 2.75) is 13.8 Å². The molecule has 0 aliphatic carbocycles. The number of nitrogens with zero attached hydrogens (tertiary/aromatic N) is 1. The zero-order chi connectivity index (χ0) is 8.27. The quantitative estimate of drug-likeness (QED) is 0.650. The number of aromatic nitrogens is 1. The summed E-state index contributed by atoms with van der Waals surface area (Å²) >= 11 is 1.28. The van der Waals surface area contributed by atoms with Gasteiger partial charge in [-0.3, -0.25) is 4.79 Å². The van der Waals surface area contributed by atoms with Crippen molar-refractivity contribution in [2.24, 2.45) is 0 Å². The molecule has 0 bridgehead atoms. The fourth-order valence-electron chi connectivity index (χ4n) is 0.611. The van der Waals surface area contributed by atoms with E-state index in [0.29, 0.717) is 16.7 Å². The zero-order valence-electron chi connectivity index (χ0n) is 6.46. The van der Waals surface area contributed by atoms with E-state index in [1.54, 1.807) is 0 Å². The predicted octanol–water partition coefficient (Wildman–Crippen LogP) is 1.74. The molecule has 0 saturated carbocycles. The number of carbonyl (C=O) groups excluding carboxylic acids is 1. The molecule has 0 saturated heterocycles. The largest absolute Gasteiger partial charge is 0.470 e. The third kappa shape index (κ3) is 2.01. The van der Waals surface area contributed by atoms with Crippen LogP contribution in [0, 0.1) is 0 Å². The highest BCUT2D eigenvalue weighted by atomic mass is 32.1. The first-order valence-electron chi connectivity index (χ1n) is 3.33. The Morgan fingerprint density at radius 2 is 2.55 bits per heavy atom. The van der Waals surface area contributed by atoms with Crippen molar-refractivity contribution < 1.29 is 9.53 Å². The predicted molar refractivity (Wildman–Crippen MR) is 43.3 cm³/mol. The van der Waals surface area contributed by atoms with Gasteiger partial charge in [-0.1, -0.05) is 11.3 Å². The fraction of sp³-hybridized carbons (Fsp3) is 0.429. The number of hydrogen-bond donors (Lipinski definition) is 0. The minimum Gasteiger partial charge on any atom is -0.470 e. The maximum absolute atomic E-state index is 10.8. The van der Waals surface area contributed by atoms with E-state index in [0.717, 1.165) is 0 Å². The van der Waals surface area contributed by atoms with E-state index in [1.807, 2.05) is 6.92 Å². The van der Waals surface area contributed by atoms with Crippen molar-refractivity contribution in [1.29, 1.82) is 0 Å². The van der Waals surface area contributed by atoms with Crippen LogP contribution < -0.4 is 4.74 Å². The molecule has 60 valence electrons. The Bertz CT molecular complexity index is 257. The van der Waals surface area contributed by atoms with Gasteiger partial charge in [0, 0.05) is 6.92 Å². The zero-order valence-corrected chi connectivity index (χ0v) is 7.27. The normalized spacial score (nSPS) is 9.64. The second-order valence-electron chi connectivity index (χ2n) is 1.98. The summed E-state index contributed by atoms with van der Waals surface area (Å²) in [5, 5.41) is 0.567. The summed E-state index contributed by atoms with van der Waals surface area (Å²) in [5.74, 6) is 0.0356. The van der Waals surface area contributed by atoms with Gasteiger partial charge in [0.2, 0.25) is 0 Å². The maximum Gasteiger partial charge on any atom is 0.273 e. The standard InChI is InChI=1S/C7H9NO2S/c1-3-10-7-8-4-6(11-7)5(2)9/h4H,3H2,1-2H3. The minimum absolute atomic E-state index is 0.0356. The third-order valence-electron chi connectivity index (χ3n) is 1.10. The smallest absolute Gasteiger partial charge is 0.273 e. The van der Waals surface area contributed by atoms with Gasteiger partial charge in [-0.2, -0.15) is 0 Å². The van der Waals surface area contributed by atoms with Crippen LogP contribution in [0.25, 0.3) is 0 Å². The summed E-state index contributed by atoms with van der Waals surface area (Å²) in [5.41, 5.74) is 0. The van der Waals surface area contributed by atoms with Crippen LogP contribution >= 0.6 is 11.3 Å². The van der Waals surface area contributed by atoms with E-state index in [9.17, 15) is 4.79 Å². The molecule has 0 unspecified atom stereocenters. The molecule has 4 heteroatoms. The molecule has 1 rings (SSSR count). The third-order valence-corrected chi connectivity index (χ3v) is 2.11. The van der Waals surface area contributed by atoms with E-state index < -0.39 is 0 Å². The number of carbonyl (C=O) groups is 1. The molecular weight excluding hydrogens is 162 g/mol. The Morgan fingerprint density at radius 3 is 3.00 bits per heavy atom. The molecule has 0 aliphatic heterocycles.